The van der Waals surface area contributed by atoms with Gasteiger partial charge in [0.2, 0.25) is 5.91 Å². The number of halogens is 1. The molecule has 3 aromatic rings. The molecule has 0 aliphatic rings. The summed E-state index contributed by atoms with van der Waals surface area (Å²) in [6.07, 6.45) is 1.10. The molecule has 0 heterocycles. The molecular weight excluding hydrogens is 342 g/mol. The van der Waals surface area contributed by atoms with Crippen LogP contribution in [0.3, 0.4) is 0 Å². The van der Waals surface area contributed by atoms with Crippen molar-refractivity contribution in [2.24, 2.45) is 0 Å². The molecule has 0 spiro atoms. The van der Waals surface area contributed by atoms with Crippen LogP contribution in [-0.4, -0.2) is 10.8 Å². The van der Waals surface area contributed by atoms with Gasteiger partial charge in [0.05, 0.1) is 0 Å². The Kier molecular flexibility index (Phi) is 6.45. The maximum absolute atomic E-state index is 12.9. The maximum atomic E-state index is 12.9. The molecule has 132 valence electrons. The number of aryl methyl sites for hydroxylation is 1. The van der Waals surface area contributed by atoms with Crippen LogP contribution in [0.25, 0.3) is 0 Å². The zero-order valence-electron chi connectivity index (χ0n) is 14.6. The fourth-order valence-corrected chi connectivity index (χ4v) is 3.17. The second-order valence-corrected chi connectivity index (χ2v) is 6.72. The van der Waals surface area contributed by atoms with Gasteiger partial charge in [-0.05, 0) is 29.2 Å². The quantitative estimate of drug-likeness (QED) is 0.542. The van der Waals surface area contributed by atoms with Crippen molar-refractivity contribution in [3.05, 3.63) is 107 Å². The normalized spacial score (nSPS) is 10.5. The number of rotatable bonds is 7. The molecule has 0 fully saturated rings. The van der Waals surface area contributed by atoms with Crippen LogP contribution in [0.1, 0.15) is 23.1 Å². The van der Waals surface area contributed by atoms with Crippen LogP contribution in [0.15, 0.2) is 84.9 Å². The molecule has 1 amide bonds. The number of hydrogen-bond acceptors (Lipinski definition) is 1. The lowest BCUT2D eigenvalue weighted by molar-refractivity contribution is -0.132. The second-order valence-electron chi connectivity index (χ2n) is 6.31. The Bertz CT molecular complexity index is 792. The molecule has 0 bridgehead atoms. The summed E-state index contributed by atoms with van der Waals surface area (Å²) in [5.74, 6) is 0.137. The highest BCUT2D eigenvalue weighted by Gasteiger charge is 2.15. The third kappa shape index (κ3) is 5.21. The Balaban J connectivity index is 1.71. The average molecular weight is 364 g/mol. The lowest BCUT2D eigenvalue weighted by atomic mass is 10.1. The highest BCUT2D eigenvalue weighted by atomic mass is 35.5. The van der Waals surface area contributed by atoms with Gasteiger partial charge < -0.3 is 4.90 Å². The average Bonchev–Trinajstić information content (AvgIpc) is 2.68. The zero-order valence-corrected chi connectivity index (χ0v) is 15.4. The van der Waals surface area contributed by atoms with Gasteiger partial charge in [0.25, 0.3) is 0 Å². The molecule has 3 heteroatoms. The van der Waals surface area contributed by atoms with E-state index in [0.717, 1.165) is 21.7 Å². The molecule has 0 unspecified atom stereocenters. The van der Waals surface area contributed by atoms with Crippen LogP contribution in [-0.2, 0) is 24.3 Å². The fourth-order valence-electron chi connectivity index (χ4n) is 2.94. The minimum absolute atomic E-state index is 0.137. The van der Waals surface area contributed by atoms with Gasteiger partial charge >= 0.3 is 0 Å². The van der Waals surface area contributed by atoms with Gasteiger partial charge in [-0.15, -0.1) is 0 Å². The maximum Gasteiger partial charge on any atom is 0.223 e. The van der Waals surface area contributed by atoms with Crippen molar-refractivity contribution in [2.45, 2.75) is 25.9 Å². The number of benzene rings is 3. The van der Waals surface area contributed by atoms with Crippen LogP contribution >= 0.6 is 11.6 Å². The smallest absolute Gasteiger partial charge is 0.223 e. The number of carbonyl (C=O) groups is 1. The number of carbonyl (C=O) groups excluding carboxylic acids is 1. The third-order valence-corrected chi connectivity index (χ3v) is 4.72. The highest BCUT2D eigenvalue weighted by Crippen LogP contribution is 2.18. The summed E-state index contributed by atoms with van der Waals surface area (Å²) in [6.45, 7) is 1.22. The molecule has 0 aliphatic carbocycles. The molecule has 0 N–H and O–H groups in total. The van der Waals surface area contributed by atoms with Crippen LogP contribution in [0.4, 0.5) is 0 Å². The summed E-state index contributed by atoms with van der Waals surface area (Å²) >= 11 is 6.22. The first-order chi connectivity index (χ1) is 12.7. The summed E-state index contributed by atoms with van der Waals surface area (Å²) in [7, 11) is 0. The molecule has 3 rings (SSSR count). The van der Waals surface area contributed by atoms with Gasteiger partial charge in [0, 0.05) is 24.5 Å². The van der Waals surface area contributed by atoms with Gasteiger partial charge in [-0.3, -0.25) is 4.79 Å². The largest absolute Gasteiger partial charge is 0.334 e. The molecule has 0 aliphatic heterocycles. The van der Waals surface area contributed by atoms with E-state index in [4.69, 9.17) is 11.6 Å². The van der Waals surface area contributed by atoms with Crippen LogP contribution in [0, 0.1) is 0 Å². The van der Waals surface area contributed by atoms with Gasteiger partial charge in [-0.1, -0.05) is 90.5 Å². The van der Waals surface area contributed by atoms with Crippen molar-refractivity contribution in [3.63, 3.8) is 0 Å². The Labute approximate surface area is 160 Å². The summed E-state index contributed by atoms with van der Waals surface area (Å²) in [5, 5.41) is 0.720. The molecule has 3 aromatic carbocycles. The predicted octanol–water partition coefficient (Wildman–Crippen LogP) is 5.50. The SMILES string of the molecule is O=C(CCc1ccccc1Cl)N(Cc1ccccc1)Cc1ccccc1. The van der Waals surface area contributed by atoms with E-state index < -0.39 is 0 Å². The first kappa shape index (κ1) is 18.2. The molecule has 0 saturated heterocycles. The molecule has 0 atom stereocenters. The third-order valence-electron chi connectivity index (χ3n) is 4.35. The van der Waals surface area contributed by atoms with Crippen molar-refractivity contribution in [2.75, 3.05) is 0 Å². The Morgan fingerprint density at radius 2 is 1.23 bits per heavy atom. The Morgan fingerprint density at radius 1 is 0.731 bits per heavy atom. The van der Waals surface area contributed by atoms with E-state index in [0.29, 0.717) is 25.9 Å². The van der Waals surface area contributed by atoms with E-state index >= 15 is 0 Å². The van der Waals surface area contributed by atoms with Crippen molar-refractivity contribution >= 4 is 17.5 Å². The molecule has 0 saturated carbocycles. The summed E-state index contributed by atoms with van der Waals surface area (Å²) in [4.78, 5) is 14.8. The van der Waals surface area contributed by atoms with Gasteiger partial charge in [-0.2, -0.15) is 0 Å². The van der Waals surface area contributed by atoms with Crippen molar-refractivity contribution < 1.29 is 4.79 Å². The van der Waals surface area contributed by atoms with Crippen molar-refractivity contribution in [3.8, 4) is 0 Å². The number of nitrogens with zero attached hydrogens (tertiary/aromatic N) is 1. The summed E-state index contributed by atoms with van der Waals surface area (Å²) in [6, 6.07) is 27.9. The van der Waals surface area contributed by atoms with E-state index in [1.807, 2.05) is 65.6 Å². The van der Waals surface area contributed by atoms with Gasteiger partial charge in [0.15, 0.2) is 0 Å². The van der Waals surface area contributed by atoms with E-state index in [9.17, 15) is 4.79 Å². The summed E-state index contributed by atoms with van der Waals surface area (Å²) in [5.41, 5.74) is 3.28. The van der Waals surface area contributed by atoms with Crippen LogP contribution in [0.2, 0.25) is 5.02 Å². The van der Waals surface area contributed by atoms with Gasteiger partial charge in [0.1, 0.15) is 0 Å². The highest BCUT2D eigenvalue weighted by molar-refractivity contribution is 6.31. The molecule has 2 nitrogen and oxygen atoms in total. The molecule has 26 heavy (non-hydrogen) atoms. The monoisotopic (exact) mass is 363 g/mol. The minimum atomic E-state index is 0.137. The molecule has 0 radical (unpaired) electrons. The minimum Gasteiger partial charge on any atom is -0.334 e. The van der Waals surface area contributed by atoms with Crippen molar-refractivity contribution in [1.82, 2.24) is 4.90 Å². The lowest BCUT2D eigenvalue weighted by Gasteiger charge is -2.23. The van der Waals surface area contributed by atoms with Crippen LogP contribution in [0.5, 0.6) is 0 Å². The van der Waals surface area contributed by atoms with E-state index in [-0.39, 0.29) is 5.91 Å². The van der Waals surface area contributed by atoms with E-state index in [1.54, 1.807) is 0 Å². The lowest BCUT2D eigenvalue weighted by Crippen LogP contribution is -2.30. The second kappa shape index (κ2) is 9.21. The number of hydrogen-bond donors (Lipinski definition) is 0. The first-order valence-electron chi connectivity index (χ1n) is 8.81. The zero-order chi connectivity index (χ0) is 18.2. The predicted molar refractivity (Wildman–Crippen MR) is 107 cm³/mol. The molecule has 0 aromatic heterocycles. The standard InChI is InChI=1S/C23H22ClNO/c24-22-14-8-7-13-21(22)15-16-23(26)25(17-19-9-3-1-4-10-19)18-20-11-5-2-6-12-20/h1-14H,15-18H2. The molecular formula is C23H22ClNO. The topological polar surface area (TPSA) is 20.3 Å². The number of amides is 1. The first-order valence-corrected chi connectivity index (χ1v) is 9.19. The Morgan fingerprint density at radius 3 is 1.77 bits per heavy atom. The van der Waals surface area contributed by atoms with Crippen molar-refractivity contribution in [1.29, 1.82) is 0 Å². The summed E-state index contributed by atoms with van der Waals surface area (Å²) < 4.78 is 0. The van der Waals surface area contributed by atoms with E-state index in [2.05, 4.69) is 24.3 Å². The van der Waals surface area contributed by atoms with Crippen LogP contribution < -0.4 is 0 Å². The fraction of sp³-hybridized carbons (Fsp3) is 0.174. The van der Waals surface area contributed by atoms with Gasteiger partial charge in [-0.25, -0.2) is 0 Å². The Hall–Kier alpha value is -2.58. The van der Waals surface area contributed by atoms with E-state index in [1.165, 1.54) is 0 Å².